The van der Waals surface area contributed by atoms with Crippen LogP contribution < -0.4 is 0 Å². The molecule has 0 saturated carbocycles. The zero-order valence-electron chi connectivity index (χ0n) is 33.9. The summed E-state index contributed by atoms with van der Waals surface area (Å²) in [4.78, 5) is 15.2. The fourth-order valence-corrected chi connectivity index (χ4v) is 9.60. The quantitative estimate of drug-likeness (QED) is 0.168. The first kappa shape index (κ1) is 35.2. The number of para-hydroxylation sites is 3. The van der Waals surface area contributed by atoms with Crippen LogP contribution in [0.2, 0.25) is 0 Å². The average molecular weight is 806 g/mol. The predicted octanol–water partition coefficient (Wildman–Crippen LogP) is 14.6. The fraction of sp³-hybridized carbons (Fsp3) is 0. The maximum Gasteiger partial charge on any atom is 0.238 e. The Labute approximate surface area is 361 Å². The van der Waals surface area contributed by atoms with E-state index in [-0.39, 0.29) is 0 Å². The number of furan rings is 1. The number of hydrogen-bond acceptors (Lipinski definition) is 4. The fourth-order valence-electron chi connectivity index (χ4n) is 9.60. The number of rotatable bonds is 6. The highest BCUT2D eigenvalue weighted by molar-refractivity contribution is 6.19. The lowest BCUT2D eigenvalue weighted by Crippen LogP contribution is -2.06. The van der Waals surface area contributed by atoms with E-state index in [1.165, 1.54) is 27.4 Å². The summed E-state index contributed by atoms with van der Waals surface area (Å²) in [6.45, 7) is 0. The van der Waals surface area contributed by atoms with E-state index in [0.717, 1.165) is 77.2 Å². The Balaban J connectivity index is 0.995. The zero-order chi connectivity index (χ0) is 41.4. The predicted molar refractivity (Wildman–Crippen MR) is 258 cm³/mol. The van der Waals surface area contributed by atoms with Crippen molar-refractivity contribution in [2.75, 3.05) is 0 Å². The first-order valence-corrected chi connectivity index (χ1v) is 21.2. The number of aromatic nitrogens is 5. The third-order valence-corrected chi connectivity index (χ3v) is 12.4. The van der Waals surface area contributed by atoms with Gasteiger partial charge in [0.2, 0.25) is 5.95 Å². The molecular weight excluding hydrogens is 771 g/mol. The van der Waals surface area contributed by atoms with E-state index in [2.05, 4.69) is 161 Å². The van der Waals surface area contributed by atoms with E-state index in [1.807, 2.05) is 60.7 Å². The number of hydrogen-bond donors (Lipinski definition) is 0. The Hall–Kier alpha value is -8.61. The van der Waals surface area contributed by atoms with Crippen LogP contribution in [0, 0.1) is 0 Å². The van der Waals surface area contributed by atoms with E-state index >= 15 is 0 Å². The molecule has 0 aliphatic heterocycles. The van der Waals surface area contributed by atoms with Gasteiger partial charge in [0.1, 0.15) is 11.2 Å². The lowest BCUT2D eigenvalue weighted by Gasteiger charge is -2.11. The third-order valence-electron chi connectivity index (χ3n) is 12.4. The van der Waals surface area contributed by atoms with Crippen molar-refractivity contribution in [1.29, 1.82) is 0 Å². The molecular formula is C57H35N5O. The minimum absolute atomic E-state index is 0.569. The van der Waals surface area contributed by atoms with Crippen molar-refractivity contribution in [3.8, 4) is 56.7 Å². The van der Waals surface area contributed by atoms with Gasteiger partial charge < -0.3 is 8.98 Å². The Bertz CT molecular complexity index is 3850. The van der Waals surface area contributed by atoms with E-state index in [1.54, 1.807) is 0 Å². The summed E-state index contributed by atoms with van der Waals surface area (Å²) in [5.74, 6) is 1.81. The van der Waals surface area contributed by atoms with Gasteiger partial charge in [-0.1, -0.05) is 152 Å². The van der Waals surface area contributed by atoms with Crippen LogP contribution in [-0.4, -0.2) is 24.1 Å². The van der Waals surface area contributed by atoms with Gasteiger partial charge in [-0.25, -0.2) is 4.98 Å². The van der Waals surface area contributed by atoms with Gasteiger partial charge in [-0.2, -0.15) is 9.97 Å². The molecule has 6 heteroatoms. The molecule has 63 heavy (non-hydrogen) atoms. The van der Waals surface area contributed by atoms with Gasteiger partial charge in [0.05, 0.1) is 22.1 Å². The molecule has 6 nitrogen and oxygen atoms in total. The van der Waals surface area contributed by atoms with Crippen LogP contribution in [0.5, 0.6) is 0 Å². The highest BCUT2D eigenvalue weighted by Crippen LogP contribution is 2.43. The monoisotopic (exact) mass is 805 g/mol. The smallest absolute Gasteiger partial charge is 0.238 e. The van der Waals surface area contributed by atoms with Crippen molar-refractivity contribution in [3.63, 3.8) is 0 Å². The van der Waals surface area contributed by atoms with E-state index in [0.29, 0.717) is 17.6 Å². The molecule has 0 unspecified atom stereocenters. The summed E-state index contributed by atoms with van der Waals surface area (Å²) in [6, 6.07) is 74.5. The van der Waals surface area contributed by atoms with Crippen LogP contribution in [-0.2, 0) is 0 Å². The Morgan fingerprint density at radius 2 is 0.857 bits per heavy atom. The third kappa shape index (κ3) is 5.55. The summed E-state index contributed by atoms with van der Waals surface area (Å²) in [7, 11) is 0. The molecule has 4 aromatic heterocycles. The summed E-state index contributed by atoms with van der Waals surface area (Å²) in [5, 5.41) is 6.85. The van der Waals surface area contributed by atoms with E-state index in [9.17, 15) is 0 Å². The van der Waals surface area contributed by atoms with Crippen LogP contribution in [0.1, 0.15) is 0 Å². The molecule has 0 N–H and O–H groups in total. The van der Waals surface area contributed by atoms with Gasteiger partial charge in [-0.15, -0.1) is 0 Å². The van der Waals surface area contributed by atoms with Crippen LogP contribution >= 0.6 is 0 Å². The Morgan fingerprint density at radius 3 is 1.57 bits per heavy atom. The van der Waals surface area contributed by atoms with Crippen LogP contribution in [0.4, 0.5) is 0 Å². The SMILES string of the molecule is c1ccc(-c2nc(-c3ccccc3)nc(-n3c4ccccc4c4cc(-c5cccc6oc7ccc(-c8cccc9c8c8ccccc8n9-c8ccccc8)cc7c56)ccc43)n2)cc1. The van der Waals surface area contributed by atoms with Crippen molar-refractivity contribution in [2.24, 2.45) is 0 Å². The summed E-state index contributed by atoms with van der Waals surface area (Å²) >= 11 is 0. The van der Waals surface area contributed by atoms with Gasteiger partial charge >= 0.3 is 0 Å². The molecule has 0 bridgehead atoms. The normalized spacial score (nSPS) is 11.8. The van der Waals surface area contributed by atoms with Crippen molar-refractivity contribution >= 4 is 65.6 Å². The van der Waals surface area contributed by atoms with Crippen molar-refractivity contribution in [2.45, 2.75) is 0 Å². The number of benzene rings is 9. The van der Waals surface area contributed by atoms with Gasteiger partial charge in [-0.05, 0) is 82.9 Å². The first-order valence-electron chi connectivity index (χ1n) is 21.2. The lowest BCUT2D eigenvalue weighted by molar-refractivity contribution is 0.669. The maximum atomic E-state index is 6.61. The molecule has 13 aromatic rings. The molecule has 0 radical (unpaired) electrons. The number of fused-ring (bicyclic) bond motifs is 9. The van der Waals surface area contributed by atoms with E-state index in [4.69, 9.17) is 19.4 Å². The summed E-state index contributed by atoms with van der Waals surface area (Å²) in [5.41, 5.74) is 13.6. The van der Waals surface area contributed by atoms with Gasteiger partial charge in [0, 0.05) is 49.1 Å². The molecule has 0 spiro atoms. The summed E-state index contributed by atoms with van der Waals surface area (Å²) in [6.07, 6.45) is 0. The van der Waals surface area contributed by atoms with Gasteiger partial charge in [-0.3, -0.25) is 4.57 Å². The molecule has 4 heterocycles. The minimum atomic E-state index is 0.569. The largest absolute Gasteiger partial charge is 0.456 e. The first-order chi connectivity index (χ1) is 31.2. The molecule has 0 fully saturated rings. The molecule has 0 aliphatic carbocycles. The van der Waals surface area contributed by atoms with Gasteiger partial charge in [0.15, 0.2) is 11.6 Å². The summed E-state index contributed by atoms with van der Waals surface area (Å²) < 4.78 is 11.2. The lowest BCUT2D eigenvalue weighted by atomic mass is 9.95. The second-order valence-electron chi connectivity index (χ2n) is 16.0. The Kier molecular flexibility index (Phi) is 7.80. The van der Waals surface area contributed by atoms with Crippen LogP contribution in [0.25, 0.3) is 122 Å². The minimum Gasteiger partial charge on any atom is -0.456 e. The standard InChI is InChI=1S/C57H35N5O/c1-4-16-36(17-5-1)55-58-56(37-18-6-2-7-19-37)60-57(59-55)62-47-26-12-10-22-43(47)45-34-38(30-32-49(45)62)42-25-15-29-52-54(42)46-35-39(31-33-51(46)63-52)41-24-14-28-50-53(41)44-23-11-13-27-48(44)61(50)40-20-8-3-9-21-40/h1-35H. The van der Waals surface area contributed by atoms with Crippen LogP contribution in [0.3, 0.4) is 0 Å². The van der Waals surface area contributed by atoms with Crippen molar-refractivity contribution in [1.82, 2.24) is 24.1 Å². The molecule has 0 saturated heterocycles. The maximum absolute atomic E-state index is 6.61. The molecule has 0 atom stereocenters. The Morgan fingerprint density at radius 1 is 0.317 bits per heavy atom. The van der Waals surface area contributed by atoms with E-state index < -0.39 is 0 Å². The van der Waals surface area contributed by atoms with Crippen molar-refractivity contribution in [3.05, 3.63) is 212 Å². The highest BCUT2D eigenvalue weighted by Gasteiger charge is 2.21. The average Bonchev–Trinajstić information content (AvgIpc) is 4.02. The van der Waals surface area contributed by atoms with Crippen molar-refractivity contribution < 1.29 is 4.42 Å². The molecule has 13 rings (SSSR count). The molecule has 0 aliphatic rings. The van der Waals surface area contributed by atoms with Gasteiger partial charge in [0.25, 0.3) is 0 Å². The molecule has 294 valence electrons. The second kappa shape index (κ2) is 14.0. The zero-order valence-corrected chi connectivity index (χ0v) is 33.9. The molecule has 0 amide bonds. The second-order valence-corrected chi connectivity index (χ2v) is 16.0. The molecule has 9 aromatic carbocycles. The number of nitrogens with zero attached hydrogens (tertiary/aromatic N) is 5. The van der Waals surface area contributed by atoms with Crippen LogP contribution in [0.15, 0.2) is 217 Å². The topological polar surface area (TPSA) is 61.7 Å². The highest BCUT2D eigenvalue weighted by atomic mass is 16.3.